The molecule has 1 atom stereocenters. The largest absolute Gasteiger partial charge is 0.476 e. The Morgan fingerprint density at radius 3 is 2.61 bits per heavy atom. The number of benzene rings is 1. The van der Waals surface area contributed by atoms with Crippen molar-refractivity contribution in [3.05, 3.63) is 73.9 Å². The van der Waals surface area contributed by atoms with Crippen molar-refractivity contribution < 1.29 is 14.3 Å². The van der Waals surface area contributed by atoms with Gasteiger partial charge in [-0.3, -0.25) is 9.48 Å². The van der Waals surface area contributed by atoms with Gasteiger partial charge in [0.1, 0.15) is 16.5 Å². The summed E-state index contributed by atoms with van der Waals surface area (Å²) < 4.78 is 8.07. The van der Waals surface area contributed by atoms with Crippen LogP contribution in [0.4, 0.5) is 5.69 Å². The van der Waals surface area contributed by atoms with Crippen molar-refractivity contribution in [3.63, 3.8) is 0 Å². The van der Waals surface area contributed by atoms with E-state index in [1.54, 1.807) is 29.9 Å². The number of aromatic nitrogens is 3. The number of anilines is 1. The standard InChI is InChI=1S/C24H23ClN4O4/c1-11-8-15(13(3)27-18-6-7-19(25)28-20(18)24(31)32)23-16(9-11)21(30)12(2)22(33-23)17-10-26-29(5)14(17)4/h6-10,13,27H,1-5H3,(H,31,32). The number of hydrogen-bond donors (Lipinski definition) is 2. The second-order valence-corrected chi connectivity index (χ2v) is 8.47. The number of nitrogens with one attached hydrogen (secondary N) is 1. The minimum Gasteiger partial charge on any atom is -0.476 e. The summed E-state index contributed by atoms with van der Waals surface area (Å²) in [5, 5.41) is 17.5. The molecule has 0 aliphatic carbocycles. The summed E-state index contributed by atoms with van der Waals surface area (Å²) in [5.74, 6) is -0.729. The third-order valence-electron chi connectivity index (χ3n) is 5.77. The molecule has 0 fully saturated rings. The van der Waals surface area contributed by atoms with E-state index >= 15 is 0 Å². The predicted molar refractivity (Wildman–Crippen MR) is 127 cm³/mol. The molecule has 0 saturated heterocycles. The Kier molecular flexibility index (Phi) is 5.71. The van der Waals surface area contributed by atoms with Crippen LogP contribution >= 0.6 is 11.6 Å². The number of rotatable bonds is 5. The molecule has 1 unspecified atom stereocenters. The van der Waals surface area contributed by atoms with E-state index in [1.807, 2.05) is 33.9 Å². The molecule has 8 nitrogen and oxygen atoms in total. The van der Waals surface area contributed by atoms with Crippen molar-refractivity contribution in [1.29, 1.82) is 0 Å². The molecule has 0 spiro atoms. The lowest BCUT2D eigenvalue weighted by Gasteiger charge is -2.19. The Balaban J connectivity index is 1.90. The zero-order valence-corrected chi connectivity index (χ0v) is 19.6. The normalized spacial score (nSPS) is 12.2. The van der Waals surface area contributed by atoms with Crippen LogP contribution < -0.4 is 10.7 Å². The molecular formula is C24H23ClN4O4. The topological polar surface area (TPSA) is 110 Å². The smallest absolute Gasteiger partial charge is 0.356 e. The van der Waals surface area contributed by atoms with Crippen LogP contribution in [0.25, 0.3) is 22.3 Å². The van der Waals surface area contributed by atoms with Gasteiger partial charge in [0.2, 0.25) is 0 Å². The Morgan fingerprint density at radius 2 is 1.97 bits per heavy atom. The van der Waals surface area contributed by atoms with E-state index < -0.39 is 12.0 Å². The second kappa shape index (κ2) is 8.37. The molecule has 33 heavy (non-hydrogen) atoms. The highest BCUT2D eigenvalue weighted by Crippen LogP contribution is 2.33. The van der Waals surface area contributed by atoms with Gasteiger partial charge in [-0.05, 0) is 51.5 Å². The van der Waals surface area contributed by atoms with Crippen LogP contribution in [0.3, 0.4) is 0 Å². The van der Waals surface area contributed by atoms with Crippen LogP contribution in [0.2, 0.25) is 5.15 Å². The van der Waals surface area contributed by atoms with Crippen LogP contribution in [0, 0.1) is 20.8 Å². The molecule has 3 heterocycles. The molecule has 0 amide bonds. The number of halogens is 1. The average molecular weight is 467 g/mol. The molecule has 0 saturated carbocycles. The number of fused-ring (bicyclic) bond motifs is 1. The van der Waals surface area contributed by atoms with Crippen molar-refractivity contribution in [2.45, 2.75) is 33.7 Å². The number of carboxylic acid groups (broad SMARTS) is 1. The summed E-state index contributed by atoms with van der Waals surface area (Å²) in [6.07, 6.45) is 1.68. The zero-order chi connectivity index (χ0) is 24.0. The molecule has 0 bridgehead atoms. The lowest BCUT2D eigenvalue weighted by Crippen LogP contribution is -2.14. The van der Waals surface area contributed by atoms with Crippen molar-refractivity contribution in [2.24, 2.45) is 7.05 Å². The van der Waals surface area contributed by atoms with Gasteiger partial charge in [-0.15, -0.1) is 0 Å². The molecule has 2 N–H and O–H groups in total. The fraction of sp³-hybridized carbons (Fsp3) is 0.250. The summed E-state index contributed by atoms with van der Waals surface area (Å²) >= 11 is 5.88. The molecule has 9 heteroatoms. The van der Waals surface area contributed by atoms with E-state index in [-0.39, 0.29) is 16.3 Å². The third kappa shape index (κ3) is 3.98. The highest BCUT2D eigenvalue weighted by Gasteiger charge is 2.22. The Hall–Kier alpha value is -3.65. The highest BCUT2D eigenvalue weighted by atomic mass is 35.5. The van der Waals surface area contributed by atoms with Gasteiger partial charge in [0.15, 0.2) is 11.1 Å². The van der Waals surface area contributed by atoms with Crippen molar-refractivity contribution in [1.82, 2.24) is 14.8 Å². The van der Waals surface area contributed by atoms with Crippen LogP contribution in [-0.2, 0) is 7.05 Å². The van der Waals surface area contributed by atoms with Gasteiger partial charge in [-0.1, -0.05) is 17.7 Å². The fourth-order valence-corrected chi connectivity index (χ4v) is 4.04. The Bertz CT molecular complexity index is 1470. The minimum absolute atomic E-state index is 0.0876. The van der Waals surface area contributed by atoms with Gasteiger partial charge in [0.25, 0.3) is 0 Å². The van der Waals surface area contributed by atoms with Gasteiger partial charge >= 0.3 is 5.97 Å². The summed E-state index contributed by atoms with van der Waals surface area (Å²) in [4.78, 5) is 28.9. The Morgan fingerprint density at radius 1 is 1.24 bits per heavy atom. The lowest BCUT2D eigenvalue weighted by molar-refractivity contribution is 0.0691. The van der Waals surface area contributed by atoms with Crippen LogP contribution in [0.5, 0.6) is 0 Å². The first-order valence-corrected chi connectivity index (χ1v) is 10.7. The first kappa shape index (κ1) is 22.5. The van der Waals surface area contributed by atoms with E-state index in [0.717, 1.165) is 22.4 Å². The first-order chi connectivity index (χ1) is 15.6. The summed E-state index contributed by atoms with van der Waals surface area (Å²) in [5.41, 5.74) is 4.18. The van der Waals surface area contributed by atoms with E-state index in [1.165, 1.54) is 6.07 Å². The van der Waals surface area contributed by atoms with Gasteiger partial charge in [0.05, 0.1) is 28.9 Å². The van der Waals surface area contributed by atoms with Gasteiger partial charge < -0.3 is 14.8 Å². The SMILES string of the molecule is Cc1cc(C(C)Nc2ccc(Cl)nc2C(=O)O)c2oc(-c3cnn(C)c3C)c(C)c(=O)c2c1. The lowest BCUT2D eigenvalue weighted by atomic mass is 9.99. The third-order valence-corrected chi connectivity index (χ3v) is 5.98. The molecule has 1 aromatic carbocycles. The molecule has 170 valence electrons. The summed E-state index contributed by atoms with van der Waals surface area (Å²) in [6.45, 7) is 7.42. The Labute approximate surface area is 194 Å². The van der Waals surface area contributed by atoms with Crippen molar-refractivity contribution >= 4 is 34.2 Å². The first-order valence-electron chi connectivity index (χ1n) is 10.3. The average Bonchev–Trinajstić information content (AvgIpc) is 3.09. The second-order valence-electron chi connectivity index (χ2n) is 8.08. The van der Waals surface area contributed by atoms with E-state index in [2.05, 4.69) is 15.4 Å². The van der Waals surface area contributed by atoms with E-state index in [9.17, 15) is 14.7 Å². The molecule has 0 radical (unpaired) electrons. The summed E-state index contributed by atoms with van der Waals surface area (Å²) in [6, 6.07) is 6.41. The van der Waals surface area contributed by atoms with Gasteiger partial charge in [-0.2, -0.15) is 5.10 Å². The number of carboxylic acids is 1. The van der Waals surface area contributed by atoms with Gasteiger partial charge in [0, 0.05) is 23.9 Å². The van der Waals surface area contributed by atoms with Crippen molar-refractivity contribution in [2.75, 3.05) is 5.32 Å². The highest BCUT2D eigenvalue weighted by molar-refractivity contribution is 6.29. The number of aromatic carboxylic acids is 1. The monoisotopic (exact) mass is 466 g/mol. The maximum atomic E-state index is 13.3. The fourth-order valence-electron chi connectivity index (χ4n) is 3.89. The van der Waals surface area contributed by atoms with Crippen LogP contribution in [-0.4, -0.2) is 25.8 Å². The predicted octanol–water partition coefficient (Wildman–Crippen LogP) is 5.04. The number of hydrogen-bond acceptors (Lipinski definition) is 6. The molecule has 4 rings (SSSR count). The molecule has 4 aromatic rings. The van der Waals surface area contributed by atoms with Crippen LogP contribution in [0.1, 0.15) is 45.8 Å². The molecule has 0 aliphatic rings. The van der Waals surface area contributed by atoms with E-state index in [0.29, 0.717) is 28.0 Å². The zero-order valence-electron chi connectivity index (χ0n) is 18.9. The number of aryl methyl sites for hydroxylation is 2. The minimum atomic E-state index is -1.20. The van der Waals surface area contributed by atoms with Crippen LogP contribution in [0.15, 0.2) is 39.7 Å². The van der Waals surface area contributed by atoms with E-state index in [4.69, 9.17) is 16.0 Å². The number of nitrogens with zero attached hydrogens (tertiary/aromatic N) is 3. The number of carbonyl (C=O) groups is 1. The van der Waals surface area contributed by atoms with Gasteiger partial charge in [-0.25, -0.2) is 9.78 Å². The maximum Gasteiger partial charge on any atom is 0.356 e. The number of pyridine rings is 1. The molecule has 0 aliphatic heterocycles. The maximum absolute atomic E-state index is 13.3. The molecular weight excluding hydrogens is 444 g/mol. The quantitative estimate of drug-likeness (QED) is 0.396. The van der Waals surface area contributed by atoms with Crippen molar-refractivity contribution in [3.8, 4) is 11.3 Å². The molecule has 3 aromatic heterocycles. The summed E-state index contributed by atoms with van der Waals surface area (Å²) in [7, 11) is 1.83.